The monoisotopic (exact) mass is 303 g/mol. The average molecular weight is 303 g/mol. The van der Waals surface area contributed by atoms with E-state index in [4.69, 9.17) is 4.74 Å². The van der Waals surface area contributed by atoms with Gasteiger partial charge in [-0.15, -0.1) is 0 Å². The Morgan fingerprint density at radius 3 is 2.45 bits per heavy atom. The zero-order chi connectivity index (χ0) is 16.8. The largest absolute Gasteiger partial charge is 0.497 e. The van der Waals surface area contributed by atoms with Crippen LogP contribution < -0.4 is 10.1 Å². The number of methoxy groups -OCH3 is 1. The number of hydrogen-bond donors (Lipinski definition) is 1. The molecule has 0 saturated heterocycles. The Morgan fingerprint density at radius 1 is 1.41 bits per heavy atom. The van der Waals surface area contributed by atoms with Crippen molar-refractivity contribution in [2.45, 2.75) is 32.9 Å². The Bertz CT molecular complexity index is 534. The van der Waals surface area contributed by atoms with Crippen molar-refractivity contribution in [2.75, 3.05) is 20.7 Å². The molecule has 0 saturated carbocycles. The maximum atomic E-state index is 12.1. The number of nitrogens with zero attached hydrogens (tertiary/aromatic N) is 2. The van der Waals surface area contributed by atoms with Crippen LogP contribution in [0.5, 0.6) is 5.75 Å². The minimum atomic E-state index is -0.835. The van der Waals surface area contributed by atoms with Crippen molar-refractivity contribution < 1.29 is 9.53 Å². The van der Waals surface area contributed by atoms with Crippen molar-refractivity contribution in [3.63, 3.8) is 0 Å². The van der Waals surface area contributed by atoms with Crippen molar-refractivity contribution in [1.82, 2.24) is 10.2 Å². The van der Waals surface area contributed by atoms with Crippen LogP contribution in [0.1, 0.15) is 26.3 Å². The summed E-state index contributed by atoms with van der Waals surface area (Å²) >= 11 is 0. The van der Waals surface area contributed by atoms with E-state index in [1.807, 2.05) is 50.1 Å². The smallest absolute Gasteiger partial charge is 0.235 e. The third-order valence-corrected chi connectivity index (χ3v) is 3.81. The Labute approximate surface area is 132 Å². The van der Waals surface area contributed by atoms with Crippen LogP contribution in [-0.4, -0.2) is 37.0 Å². The highest BCUT2D eigenvalue weighted by molar-refractivity contribution is 5.79. The van der Waals surface area contributed by atoms with Crippen molar-refractivity contribution in [3.8, 4) is 11.8 Å². The fraction of sp³-hybridized carbons (Fsp3) is 0.529. The van der Waals surface area contributed by atoms with Gasteiger partial charge in [-0.05, 0) is 37.6 Å². The van der Waals surface area contributed by atoms with Crippen LogP contribution in [0.15, 0.2) is 24.3 Å². The van der Waals surface area contributed by atoms with E-state index in [-0.39, 0.29) is 18.4 Å². The number of nitriles is 1. The van der Waals surface area contributed by atoms with Crippen molar-refractivity contribution in [2.24, 2.45) is 5.92 Å². The molecule has 0 unspecified atom stereocenters. The van der Waals surface area contributed by atoms with Gasteiger partial charge in [0.05, 0.1) is 19.7 Å². The van der Waals surface area contributed by atoms with Gasteiger partial charge in [0, 0.05) is 6.54 Å². The quantitative estimate of drug-likeness (QED) is 0.838. The first kappa shape index (κ1) is 18.0. The molecular formula is C17H25N3O2. The minimum Gasteiger partial charge on any atom is -0.497 e. The maximum absolute atomic E-state index is 12.1. The molecule has 0 fully saturated rings. The molecule has 5 heteroatoms. The number of carbonyl (C=O) groups excluding carboxylic acids is 1. The van der Waals surface area contributed by atoms with Crippen LogP contribution in [0, 0.1) is 17.2 Å². The summed E-state index contributed by atoms with van der Waals surface area (Å²) in [6.45, 7) is 6.49. The van der Waals surface area contributed by atoms with Gasteiger partial charge in [0.25, 0.3) is 0 Å². The van der Waals surface area contributed by atoms with Gasteiger partial charge in [0.1, 0.15) is 11.3 Å². The SMILES string of the molecule is COc1ccc(CN(C)CC(=O)N[C@](C)(C#N)C(C)C)cc1. The predicted octanol–water partition coefficient (Wildman–Crippen LogP) is 2.18. The van der Waals surface area contributed by atoms with E-state index in [2.05, 4.69) is 11.4 Å². The molecule has 0 bridgehead atoms. The Hall–Kier alpha value is -2.06. The molecule has 1 N–H and O–H groups in total. The van der Waals surface area contributed by atoms with Crippen LogP contribution in [0.25, 0.3) is 0 Å². The molecule has 0 aromatic heterocycles. The number of ether oxygens (including phenoxy) is 1. The van der Waals surface area contributed by atoms with Gasteiger partial charge in [0.15, 0.2) is 0 Å². The summed E-state index contributed by atoms with van der Waals surface area (Å²) in [5.74, 6) is 0.716. The Balaban J connectivity index is 2.55. The number of hydrogen-bond acceptors (Lipinski definition) is 4. The molecule has 1 rings (SSSR count). The summed E-state index contributed by atoms with van der Waals surface area (Å²) in [7, 11) is 3.51. The molecular weight excluding hydrogens is 278 g/mol. The second kappa shape index (κ2) is 7.81. The van der Waals surface area contributed by atoms with Gasteiger partial charge in [-0.3, -0.25) is 9.69 Å². The molecule has 0 spiro atoms. The van der Waals surface area contributed by atoms with Crippen molar-refractivity contribution >= 4 is 5.91 Å². The third-order valence-electron chi connectivity index (χ3n) is 3.81. The maximum Gasteiger partial charge on any atom is 0.235 e. The van der Waals surface area contributed by atoms with Gasteiger partial charge in [-0.2, -0.15) is 5.26 Å². The standard InChI is InChI=1S/C17H25N3O2/c1-13(2)17(3,12-18)19-16(21)11-20(4)10-14-6-8-15(22-5)9-7-14/h6-9,13H,10-11H2,1-5H3,(H,19,21)/t17-/m1/s1. The molecule has 1 aromatic rings. The summed E-state index contributed by atoms with van der Waals surface area (Å²) in [4.78, 5) is 14.0. The van der Waals surface area contributed by atoms with E-state index in [1.165, 1.54) is 0 Å². The zero-order valence-corrected chi connectivity index (χ0v) is 14.0. The second-order valence-corrected chi connectivity index (χ2v) is 6.04. The number of nitrogens with one attached hydrogen (secondary N) is 1. The lowest BCUT2D eigenvalue weighted by Crippen LogP contribution is -2.51. The molecule has 5 nitrogen and oxygen atoms in total. The molecule has 1 aromatic carbocycles. The molecule has 1 amide bonds. The lowest BCUT2D eigenvalue weighted by Gasteiger charge is -2.28. The molecule has 0 radical (unpaired) electrons. The van der Waals surface area contributed by atoms with E-state index in [9.17, 15) is 10.1 Å². The zero-order valence-electron chi connectivity index (χ0n) is 14.0. The van der Waals surface area contributed by atoms with Crippen LogP contribution in [-0.2, 0) is 11.3 Å². The predicted molar refractivity (Wildman–Crippen MR) is 86.3 cm³/mol. The summed E-state index contributed by atoms with van der Waals surface area (Å²) in [6, 6.07) is 9.92. The lowest BCUT2D eigenvalue weighted by molar-refractivity contribution is -0.123. The highest BCUT2D eigenvalue weighted by atomic mass is 16.5. The van der Waals surface area contributed by atoms with Crippen molar-refractivity contribution in [3.05, 3.63) is 29.8 Å². The number of carbonyl (C=O) groups is 1. The van der Waals surface area contributed by atoms with E-state index in [0.717, 1.165) is 11.3 Å². The summed E-state index contributed by atoms with van der Waals surface area (Å²) in [5.41, 5.74) is 0.265. The molecule has 1 atom stereocenters. The van der Waals surface area contributed by atoms with E-state index < -0.39 is 5.54 Å². The number of likely N-dealkylation sites (N-methyl/N-ethyl adjacent to an activating group) is 1. The Kier molecular flexibility index (Phi) is 6.39. The number of rotatable bonds is 7. The lowest BCUT2D eigenvalue weighted by atomic mass is 9.90. The van der Waals surface area contributed by atoms with E-state index in [1.54, 1.807) is 14.0 Å². The van der Waals surface area contributed by atoms with Crippen LogP contribution in [0.2, 0.25) is 0 Å². The summed E-state index contributed by atoms with van der Waals surface area (Å²) < 4.78 is 5.12. The van der Waals surface area contributed by atoms with Gasteiger partial charge in [0.2, 0.25) is 5.91 Å². The van der Waals surface area contributed by atoms with Gasteiger partial charge >= 0.3 is 0 Å². The second-order valence-electron chi connectivity index (χ2n) is 6.04. The summed E-state index contributed by atoms with van der Waals surface area (Å²) in [6.07, 6.45) is 0. The first-order valence-electron chi connectivity index (χ1n) is 7.34. The van der Waals surface area contributed by atoms with Gasteiger partial charge in [-0.1, -0.05) is 26.0 Å². The topological polar surface area (TPSA) is 65.4 Å². The normalized spacial score (nSPS) is 13.5. The average Bonchev–Trinajstić information content (AvgIpc) is 2.47. The fourth-order valence-electron chi connectivity index (χ4n) is 1.97. The first-order chi connectivity index (χ1) is 10.3. The highest BCUT2D eigenvalue weighted by Gasteiger charge is 2.30. The van der Waals surface area contributed by atoms with Crippen molar-refractivity contribution in [1.29, 1.82) is 5.26 Å². The molecule has 0 aliphatic heterocycles. The Morgan fingerprint density at radius 2 is 2.00 bits per heavy atom. The van der Waals surface area contributed by atoms with Crippen LogP contribution >= 0.6 is 0 Å². The third kappa shape index (κ3) is 5.05. The fourth-order valence-corrected chi connectivity index (χ4v) is 1.97. The highest BCUT2D eigenvalue weighted by Crippen LogP contribution is 2.15. The number of benzene rings is 1. The first-order valence-corrected chi connectivity index (χ1v) is 7.34. The van der Waals surface area contributed by atoms with E-state index in [0.29, 0.717) is 6.54 Å². The van der Waals surface area contributed by atoms with Gasteiger partial charge < -0.3 is 10.1 Å². The molecule has 0 heterocycles. The molecule has 0 aliphatic rings. The number of amides is 1. The van der Waals surface area contributed by atoms with Crippen LogP contribution in [0.4, 0.5) is 0 Å². The van der Waals surface area contributed by atoms with Gasteiger partial charge in [-0.25, -0.2) is 0 Å². The minimum absolute atomic E-state index is 0.0494. The van der Waals surface area contributed by atoms with E-state index >= 15 is 0 Å². The summed E-state index contributed by atoms with van der Waals surface area (Å²) in [5, 5.41) is 12.0. The molecule has 0 aliphatic carbocycles. The van der Waals surface area contributed by atoms with Crippen LogP contribution in [0.3, 0.4) is 0 Å². The molecule has 22 heavy (non-hydrogen) atoms. The molecule has 120 valence electrons.